The maximum absolute atomic E-state index is 10.9. The normalized spacial score (nSPS) is 10.0. The third-order valence-electron chi connectivity index (χ3n) is 2.72. The van der Waals surface area contributed by atoms with Crippen LogP contribution in [0.3, 0.4) is 0 Å². The molecule has 0 atom stereocenters. The monoisotopic (exact) mass is 240 g/mol. The van der Waals surface area contributed by atoms with Crippen molar-refractivity contribution < 1.29 is 14.7 Å². The summed E-state index contributed by atoms with van der Waals surface area (Å²) in [4.78, 5) is 21.6. The summed E-state index contributed by atoms with van der Waals surface area (Å²) in [7, 11) is 0. The van der Waals surface area contributed by atoms with E-state index < -0.39 is 5.97 Å². The maximum Gasteiger partial charge on any atom is 0.307 e. The molecule has 2 rings (SSSR count). The number of carbonyl (C=O) groups excluding carboxylic acids is 1. The van der Waals surface area contributed by atoms with Gasteiger partial charge in [0.1, 0.15) is 6.29 Å². The smallest absolute Gasteiger partial charge is 0.307 e. The van der Waals surface area contributed by atoms with E-state index in [0.717, 1.165) is 11.1 Å². The molecule has 0 radical (unpaired) electrons. The Kier molecular flexibility index (Phi) is 3.53. The van der Waals surface area contributed by atoms with Crippen molar-refractivity contribution in [2.45, 2.75) is 6.42 Å². The fourth-order valence-electron chi connectivity index (χ4n) is 1.85. The van der Waals surface area contributed by atoms with Crippen LogP contribution in [0.5, 0.6) is 0 Å². The minimum Gasteiger partial charge on any atom is -0.481 e. The standard InChI is InChI=1S/C15H12O3/c16-10-13-7-6-12(8-14(13)9-15(17)18)11-4-2-1-3-5-11/h1-8,10H,9H2,(H,17,18). The van der Waals surface area contributed by atoms with Crippen molar-refractivity contribution in [1.29, 1.82) is 0 Å². The fourth-order valence-corrected chi connectivity index (χ4v) is 1.85. The first-order valence-electron chi connectivity index (χ1n) is 5.56. The summed E-state index contributed by atoms with van der Waals surface area (Å²) in [6, 6.07) is 14.9. The molecule has 3 nitrogen and oxygen atoms in total. The first kappa shape index (κ1) is 12.0. The van der Waals surface area contributed by atoms with Crippen molar-refractivity contribution in [1.82, 2.24) is 0 Å². The van der Waals surface area contributed by atoms with E-state index in [9.17, 15) is 9.59 Å². The number of aldehydes is 1. The van der Waals surface area contributed by atoms with Crippen LogP contribution in [0.25, 0.3) is 11.1 Å². The highest BCUT2D eigenvalue weighted by Crippen LogP contribution is 2.22. The van der Waals surface area contributed by atoms with Gasteiger partial charge in [-0.05, 0) is 22.8 Å². The number of rotatable bonds is 4. The van der Waals surface area contributed by atoms with Crippen LogP contribution in [0.1, 0.15) is 15.9 Å². The van der Waals surface area contributed by atoms with Gasteiger partial charge in [-0.1, -0.05) is 42.5 Å². The third kappa shape index (κ3) is 2.63. The molecule has 18 heavy (non-hydrogen) atoms. The summed E-state index contributed by atoms with van der Waals surface area (Å²) >= 11 is 0. The first-order valence-corrected chi connectivity index (χ1v) is 5.56. The Balaban J connectivity index is 2.45. The van der Waals surface area contributed by atoms with E-state index >= 15 is 0 Å². The van der Waals surface area contributed by atoms with E-state index in [1.807, 2.05) is 36.4 Å². The molecule has 0 bridgehead atoms. The molecule has 90 valence electrons. The van der Waals surface area contributed by atoms with E-state index in [0.29, 0.717) is 17.4 Å². The zero-order valence-electron chi connectivity index (χ0n) is 9.67. The lowest BCUT2D eigenvalue weighted by Crippen LogP contribution is -2.03. The highest BCUT2D eigenvalue weighted by Gasteiger charge is 2.08. The number of carboxylic acid groups (broad SMARTS) is 1. The van der Waals surface area contributed by atoms with Gasteiger partial charge in [-0.2, -0.15) is 0 Å². The Bertz CT molecular complexity index is 574. The number of aliphatic carboxylic acids is 1. The van der Waals surface area contributed by atoms with Crippen LogP contribution >= 0.6 is 0 Å². The molecule has 0 aliphatic carbocycles. The van der Waals surface area contributed by atoms with Crippen molar-refractivity contribution in [3.8, 4) is 11.1 Å². The molecular weight excluding hydrogens is 228 g/mol. The number of carbonyl (C=O) groups is 2. The molecule has 1 N–H and O–H groups in total. The molecule has 0 aliphatic rings. The largest absolute Gasteiger partial charge is 0.481 e. The molecule has 0 fully saturated rings. The summed E-state index contributed by atoms with van der Waals surface area (Å²) in [6.45, 7) is 0. The molecule has 0 amide bonds. The van der Waals surface area contributed by atoms with E-state index in [1.54, 1.807) is 12.1 Å². The lowest BCUT2D eigenvalue weighted by atomic mass is 9.98. The molecule has 0 aliphatic heterocycles. The van der Waals surface area contributed by atoms with Crippen LogP contribution in [-0.4, -0.2) is 17.4 Å². The van der Waals surface area contributed by atoms with Gasteiger partial charge >= 0.3 is 5.97 Å². The summed E-state index contributed by atoms with van der Waals surface area (Å²) in [5.74, 6) is -0.941. The molecule has 0 spiro atoms. The van der Waals surface area contributed by atoms with Crippen LogP contribution in [0.2, 0.25) is 0 Å². The van der Waals surface area contributed by atoms with Gasteiger partial charge in [0.2, 0.25) is 0 Å². The minimum absolute atomic E-state index is 0.144. The summed E-state index contributed by atoms with van der Waals surface area (Å²) in [5, 5.41) is 8.83. The second-order valence-corrected chi connectivity index (χ2v) is 3.97. The number of benzene rings is 2. The molecule has 3 heteroatoms. The second kappa shape index (κ2) is 5.27. The number of hydrogen-bond acceptors (Lipinski definition) is 2. The first-order chi connectivity index (χ1) is 8.70. The Hall–Kier alpha value is -2.42. The maximum atomic E-state index is 10.9. The highest BCUT2D eigenvalue weighted by molar-refractivity contribution is 5.83. The van der Waals surface area contributed by atoms with E-state index in [4.69, 9.17) is 5.11 Å². The SMILES string of the molecule is O=Cc1ccc(-c2ccccc2)cc1CC(=O)O. The van der Waals surface area contributed by atoms with E-state index in [1.165, 1.54) is 0 Å². The summed E-state index contributed by atoms with van der Waals surface area (Å²) in [5.41, 5.74) is 2.88. The van der Waals surface area contributed by atoms with Crippen LogP contribution in [0.15, 0.2) is 48.5 Å². The zero-order valence-corrected chi connectivity index (χ0v) is 9.67. The summed E-state index contributed by atoms with van der Waals surface area (Å²) in [6.07, 6.45) is 0.543. The molecule has 0 heterocycles. The quantitative estimate of drug-likeness (QED) is 0.836. The van der Waals surface area contributed by atoms with Crippen LogP contribution in [0.4, 0.5) is 0 Å². The van der Waals surface area contributed by atoms with Gasteiger partial charge in [0.25, 0.3) is 0 Å². The molecule has 2 aromatic carbocycles. The van der Waals surface area contributed by atoms with Gasteiger partial charge < -0.3 is 5.11 Å². The van der Waals surface area contributed by atoms with Gasteiger partial charge in [-0.25, -0.2) is 0 Å². The minimum atomic E-state index is -0.941. The lowest BCUT2D eigenvalue weighted by Gasteiger charge is -2.06. The van der Waals surface area contributed by atoms with Gasteiger partial charge in [-0.15, -0.1) is 0 Å². The topological polar surface area (TPSA) is 54.4 Å². The summed E-state index contributed by atoms with van der Waals surface area (Å²) < 4.78 is 0. The van der Waals surface area contributed by atoms with Crippen molar-refractivity contribution in [2.75, 3.05) is 0 Å². The fraction of sp³-hybridized carbons (Fsp3) is 0.0667. The average Bonchev–Trinajstić information content (AvgIpc) is 2.39. The number of hydrogen-bond donors (Lipinski definition) is 1. The van der Waals surface area contributed by atoms with Crippen molar-refractivity contribution >= 4 is 12.3 Å². The molecule has 0 unspecified atom stereocenters. The highest BCUT2D eigenvalue weighted by atomic mass is 16.4. The van der Waals surface area contributed by atoms with Crippen molar-refractivity contribution in [2.24, 2.45) is 0 Å². The van der Waals surface area contributed by atoms with Gasteiger partial charge in [0.05, 0.1) is 6.42 Å². The zero-order chi connectivity index (χ0) is 13.0. The average molecular weight is 240 g/mol. The van der Waals surface area contributed by atoms with Gasteiger partial charge in [0.15, 0.2) is 0 Å². The van der Waals surface area contributed by atoms with Crippen LogP contribution < -0.4 is 0 Å². The Labute approximate surface area is 105 Å². The van der Waals surface area contributed by atoms with E-state index in [2.05, 4.69) is 0 Å². The van der Waals surface area contributed by atoms with E-state index in [-0.39, 0.29) is 6.42 Å². The predicted octanol–water partition coefficient (Wildman–Crippen LogP) is 2.79. The number of carboxylic acids is 1. The van der Waals surface area contributed by atoms with Crippen LogP contribution in [-0.2, 0) is 11.2 Å². The van der Waals surface area contributed by atoms with Gasteiger partial charge in [0, 0.05) is 5.56 Å². The van der Waals surface area contributed by atoms with Crippen LogP contribution in [0, 0.1) is 0 Å². The van der Waals surface area contributed by atoms with Gasteiger partial charge in [-0.3, -0.25) is 9.59 Å². The Morgan fingerprint density at radius 2 is 1.78 bits per heavy atom. The third-order valence-corrected chi connectivity index (χ3v) is 2.72. The van der Waals surface area contributed by atoms with Crippen molar-refractivity contribution in [3.63, 3.8) is 0 Å². The second-order valence-electron chi connectivity index (χ2n) is 3.97. The molecule has 0 saturated carbocycles. The molecular formula is C15H12O3. The molecule has 2 aromatic rings. The Morgan fingerprint density at radius 1 is 1.06 bits per heavy atom. The van der Waals surface area contributed by atoms with Crippen molar-refractivity contribution in [3.05, 3.63) is 59.7 Å². The molecule has 0 aromatic heterocycles. The lowest BCUT2D eigenvalue weighted by molar-refractivity contribution is -0.136. The predicted molar refractivity (Wildman–Crippen MR) is 68.6 cm³/mol. The Morgan fingerprint density at radius 3 is 2.39 bits per heavy atom. The molecule has 0 saturated heterocycles.